The van der Waals surface area contributed by atoms with Gasteiger partial charge in [-0.3, -0.25) is 4.79 Å². The van der Waals surface area contributed by atoms with Gasteiger partial charge in [0.25, 0.3) is 5.91 Å². The summed E-state index contributed by atoms with van der Waals surface area (Å²) in [7, 11) is 0. The summed E-state index contributed by atoms with van der Waals surface area (Å²) >= 11 is 1.54. The maximum Gasteiger partial charge on any atom is 0.280 e. The number of hydrogen-bond donors (Lipinski definition) is 0. The average Bonchev–Trinajstić information content (AvgIpc) is 3.54. The van der Waals surface area contributed by atoms with Crippen LogP contribution in [0.5, 0.6) is 0 Å². The normalized spacial score (nSPS) is 13.7. The molecule has 0 radical (unpaired) electrons. The third kappa shape index (κ3) is 5.13. The highest BCUT2D eigenvalue weighted by Gasteiger charge is 2.23. The number of carbonyl (C=O) groups excluding carboxylic acids is 1. The first-order valence-electron chi connectivity index (χ1n) is 10.9. The molecule has 1 aliphatic rings. The molecule has 0 saturated carbocycles. The largest absolute Gasteiger partial charge is 0.378 e. The fraction of sp³-hybridized carbons (Fsp3) is 0.250. The molecule has 2 aromatic carbocycles. The van der Waals surface area contributed by atoms with E-state index in [-0.39, 0.29) is 24.0 Å². The van der Waals surface area contributed by atoms with Crippen LogP contribution in [0.15, 0.2) is 66.2 Å². The van der Waals surface area contributed by atoms with Crippen LogP contribution in [-0.4, -0.2) is 52.2 Å². The second-order valence-corrected chi connectivity index (χ2v) is 8.71. The third-order valence-corrected chi connectivity index (χ3v) is 6.42. The van der Waals surface area contributed by atoms with E-state index in [0.29, 0.717) is 25.4 Å². The Bertz CT molecular complexity index is 1240. The van der Waals surface area contributed by atoms with Crippen LogP contribution in [0.25, 0.3) is 0 Å². The summed E-state index contributed by atoms with van der Waals surface area (Å²) in [4.78, 5) is 21.9. The number of hydrogen-bond acceptors (Lipinski definition) is 7. The molecular weight excluding hydrogens is 455 g/mol. The summed E-state index contributed by atoms with van der Waals surface area (Å²) in [6.07, 6.45) is 1.63. The van der Waals surface area contributed by atoms with Gasteiger partial charge in [0, 0.05) is 24.2 Å². The molecule has 8 nitrogen and oxygen atoms in total. The molecule has 5 rings (SSSR count). The van der Waals surface area contributed by atoms with Crippen LogP contribution in [0.4, 0.5) is 15.2 Å². The summed E-state index contributed by atoms with van der Waals surface area (Å²) < 4.78 is 20.6. The molecule has 0 spiro atoms. The standard InChI is InChI=1S/C24H23FN6O2S/c25-19-6-8-21(9-7-19)31(15-20-17-34-24(26-20)29-10-12-33-13-11-29)23(32)22-16-30(28-27-22)14-18-4-2-1-3-5-18/h1-9,16-17H,10-15H2. The molecule has 0 aliphatic carbocycles. The second kappa shape index (κ2) is 10.1. The van der Waals surface area contributed by atoms with Crippen molar-refractivity contribution in [1.82, 2.24) is 20.0 Å². The molecule has 1 fully saturated rings. The highest BCUT2D eigenvalue weighted by molar-refractivity contribution is 7.13. The summed E-state index contributed by atoms with van der Waals surface area (Å²) in [5.74, 6) is -0.694. The SMILES string of the molecule is O=C(c1cn(Cc2ccccc2)nn1)N(Cc1csc(N2CCOCC2)n1)c1ccc(F)cc1. The Balaban J connectivity index is 1.37. The second-order valence-electron chi connectivity index (χ2n) is 7.88. The molecule has 3 heterocycles. The monoisotopic (exact) mass is 478 g/mol. The topological polar surface area (TPSA) is 76.4 Å². The number of anilines is 2. The number of thiazole rings is 1. The minimum Gasteiger partial charge on any atom is -0.378 e. The number of morpholine rings is 1. The van der Waals surface area contributed by atoms with Crippen molar-refractivity contribution in [2.75, 3.05) is 36.1 Å². The van der Waals surface area contributed by atoms with E-state index < -0.39 is 0 Å². The molecular formula is C24H23FN6O2S. The van der Waals surface area contributed by atoms with Gasteiger partial charge in [0.1, 0.15) is 5.82 Å². The van der Waals surface area contributed by atoms with Gasteiger partial charge in [-0.05, 0) is 29.8 Å². The van der Waals surface area contributed by atoms with Gasteiger partial charge in [-0.2, -0.15) is 0 Å². The van der Waals surface area contributed by atoms with Gasteiger partial charge in [-0.15, -0.1) is 16.4 Å². The number of halogens is 1. The Morgan fingerprint density at radius 3 is 2.62 bits per heavy atom. The minimum atomic E-state index is -0.367. The number of amides is 1. The van der Waals surface area contributed by atoms with E-state index >= 15 is 0 Å². The molecule has 174 valence electrons. The van der Waals surface area contributed by atoms with Crippen LogP contribution >= 0.6 is 11.3 Å². The lowest BCUT2D eigenvalue weighted by Gasteiger charge is -2.26. The molecule has 0 N–H and O–H groups in total. The van der Waals surface area contributed by atoms with Crippen molar-refractivity contribution in [3.63, 3.8) is 0 Å². The van der Waals surface area contributed by atoms with E-state index in [0.717, 1.165) is 29.5 Å². The highest BCUT2D eigenvalue weighted by Crippen LogP contribution is 2.25. The minimum absolute atomic E-state index is 0.212. The van der Waals surface area contributed by atoms with E-state index in [1.165, 1.54) is 23.5 Å². The number of ether oxygens (including phenoxy) is 1. The van der Waals surface area contributed by atoms with Crippen LogP contribution in [0.2, 0.25) is 0 Å². The number of rotatable bonds is 7. The first kappa shape index (κ1) is 22.2. The van der Waals surface area contributed by atoms with Gasteiger partial charge >= 0.3 is 0 Å². The molecule has 1 amide bonds. The van der Waals surface area contributed by atoms with E-state index in [1.807, 2.05) is 35.7 Å². The lowest BCUT2D eigenvalue weighted by Crippen LogP contribution is -2.36. The zero-order valence-corrected chi connectivity index (χ0v) is 19.2. The first-order valence-corrected chi connectivity index (χ1v) is 11.8. The van der Waals surface area contributed by atoms with Crippen LogP contribution < -0.4 is 9.80 Å². The maximum atomic E-state index is 13.6. The van der Waals surface area contributed by atoms with Crippen LogP contribution in [-0.2, 0) is 17.8 Å². The van der Waals surface area contributed by atoms with Crippen molar-refractivity contribution < 1.29 is 13.9 Å². The Hall–Kier alpha value is -3.63. The quantitative estimate of drug-likeness (QED) is 0.404. The molecule has 10 heteroatoms. The fourth-order valence-electron chi connectivity index (χ4n) is 3.71. The number of nitrogens with zero attached hydrogens (tertiary/aromatic N) is 6. The van der Waals surface area contributed by atoms with Crippen LogP contribution in [0, 0.1) is 5.82 Å². The molecule has 0 bridgehead atoms. The van der Waals surface area contributed by atoms with Crippen molar-refractivity contribution in [1.29, 1.82) is 0 Å². The van der Waals surface area contributed by atoms with Gasteiger partial charge in [-0.25, -0.2) is 14.1 Å². The number of carbonyl (C=O) groups is 1. The van der Waals surface area contributed by atoms with E-state index in [2.05, 4.69) is 15.2 Å². The molecule has 1 saturated heterocycles. The molecule has 2 aromatic heterocycles. The Morgan fingerprint density at radius 2 is 1.85 bits per heavy atom. The van der Waals surface area contributed by atoms with Gasteiger partial charge in [-0.1, -0.05) is 35.5 Å². The summed E-state index contributed by atoms with van der Waals surface area (Å²) in [6, 6.07) is 15.7. The van der Waals surface area contributed by atoms with E-state index in [4.69, 9.17) is 9.72 Å². The molecule has 4 aromatic rings. The van der Waals surface area contributed by atoms with Gasteiger partial charge in [0.15, 0.2) is 10.8 Å². The summed E-state index contributed by atoms with van der Waals surface area (Å²) in [5.41, 5.74) is 2.58. The third-order valence-electron chi connectivity index (χ3n) is 5.47. The summed E-state index contributed by atoms with van der Waals surface area (Å²) in [6.45, 7) is 3.67. The van der Waals surface area contributed by atoms with Gasteiger partial charge < -0.3 is 14.5 Å². The smallest absolute Gasteiger partial charge is 0.280 e. The molecule has 0 unspecified atom stereocenters. The van der Waals surface area contributed by atoms with Crippen molar-refractivity contribution in [3.05, 3.63) is 88.9 Å². The van der Waals surface area contributed by atoms with Crippen LogP contribution in [0.1, 0.15) is 21.7 Å². The lowest BCUT2D eigenvalue weighted by molar-refractivity contribution is 0.0980. The van der Waals surface area contributed by atoms with Crippen molar-refractivity contribution >= 4 is 28.1 Å². The predicted octanol–water partition coefficient (Wildman–Crippen LogP) is 3.61. The Kier molecular flexibility index (Phi) is 6.59. The summed E-state index contributed by atoms with van der Waals surface area (Å²) in [5, 5.41) is 11.1. The van der Waals surface area contributed by atoms with Crippen molar-refractivity contribution in [2.24, 2.45) is 0 Å². The Labute approximate surface area is 200 Å². The fourth-order valence-corrected chi connectivity index (χ4v) is 4.58. The molecule has 1 aliphatic heterocycles. The number of aromatic nitrogens is 4. The van der Waals surface area contributed by atoms with E-state index in [9.17, 15) is 9.18 Å². The number of benzene rings is 2. The molecule has 34 heavy (non-hydrogen) atoms. The zero-order valence-electron chi connectivity index (χ0n) is 18.4. The zero-order chi connectivity index (χ0) is 23.3. The maximum absolute atomic E-state index is 13.6. The highest BCUT2D eigenvalue weighted by atomic mass is 32.1. The first-order chi connectivity index (χ1) is 16.7. The predicted molar refractivity (Wildman–Crippen MR) is 128 cm³/mol. The van der Waals surface area contributed by atoms with E-state index in [1.54, 1.807) is 27.9 Å². The van der Waals surface area contributed by atoms with Crippen LogP contribution in [0.3, 0.4) is 0 Å². The lowest BCUT2D eigenvalue weighted by atomic mass is 10.2. The van der Waals surface area contributed by atoms with Gasteiger partial charge in [0.2, 0.25) is 0 Å². The van der Waals surface area contributed by atoms with Crippen molar-refractivity contribution in [2.45, 2.75) is 13.1 Å². The molecule has 0 atom stereocenters. The average molecular weight is 479 g/mol. The van der Waals surface area contributed by atoms with Crippen molar-refractivity contribution in [3.8, 4) is 0 Å². The Morgan fingerprint density at radius 1 is 1.09 bits per heavy atom. The van der Waals surface area contributed by atoms with Gasteiger partial charge in [0.05, 0.1) is 38.2 Å².